The first-order valence-corrected chi connectivity index (χ1v) is 7.67. The molecule has 2 aromatic heterocycles. The second kappa shape index (κ2) is 8.44. The van der Waals surface area contributed by atoms with Crippen LogP contribution in [0.5, 0.6) is 6.01 Å². The van der Waals surface area contributed by atoms with Crippen LogP contribution in [-0.4, -0.2) is 39.1 Å². The summed E-state index contributed by atoms with van der Waals surface area (Å²) in [4.78, 5) is 26.3. The molecule has 1 N–H and O–H groups in total. The number of unbranched alkanes of at least 4 members (excludes halogenated alkanes) is 3. The Morgan fingerprint density at radius 3 is 2.82 bits per heavy atom. The van der Waals surface area contributed by atoms with E-state index in [-0.39, 0.29) is 5.97 Å². The molecule has 0 aliphatic rings. The number of ether oxygens (including phenoxy) is 2. The second-order valence-corrected chi connectivity index (χ2v) is 5.16. The Kier molecular flexibility index (Phi) is 6.27. The number of H-pyrrole nitrogens is 1. The number of rotatable bonds is 9. The van der Waals surface area contributed by atoms with Crippen molar-refractivity contribution in [1.29, 1.82) is 0 Å². The summed E-state index contributed by atoms with van der Waals surface area (Å²) in [5.41, 5.74) is 1.95. The lowest BCUT2D eigenvalue weighted by atomic mass is 10.2. The highest BCUT2D eigenvalue weighted by molar-refractivity contribution is 7.26. The number of hydrogen-bond acceptors (Lipinski definition) is 6. The third-order valence-electron chi connectivity index (χ3n) is 2.92. The van der Waals surface area contributed by atoms with Crippen molar-refractivity contribution in [1.82, 2.24) is 19.9 Å². The average Bonchev–Trinajstić information content (AvgIpc) is 2.91. The monoisotopic (exact) mass is 322 g/mol. The molecular formula is C14H19N4O3P. The number of hydrogen-bond donors (Lipinski definition) is 1. The molecule has 0 aromatic carbocycles. The molecular weight excluding hydrogens is 303 g/mol. The van der Waals surface area contributed by atoms with E-state index in [1.54, 1.807) is 6.20 Å². The predicted octanol–water partition coefficient (Wildman–Crippen LogP) is 1.52. The van der Waals surface area contributed by atoms with Crippen molar-refractivity contribution in [2.75, 3.05) is 13.2 Å². The Labute approximate surface area is 130 Å². The molecule has 0 saturated carbocycles. The maximum Gasteiger partial charge on any atom is 0.330 e. The smallest absolute Gasteiger partial charge is 0.330 e. The molecule has 0 spiro atoms. The molecule has 1 unspecified atom stereocenters. The highest BCUT2D eigenvalue weighted by atomic mass is 31.0. The van der Waals surface area contributed by atoms with Crippen molar-refractivity contribution in [3.05, 3.63) is 18.9 Å². The first kappa shape index (κ1) is 16.4. The number of fused-ring (bicyclic) bond motifs is 1. The van der Waals surface area contributed by atoms with Crippen LogP contribution in [0.25, 0.3) is 11.2 Å². The number of aromatic amines is 1. The number of carbonyl (C=O) groups is 1. The van der Waals surface area contributed by atoms with Crippen LogP contribution >= 0.6 is 9.24 Å². The molecule has 1 atom stereocenters. The van der Waals surface area contributed by atoms with Crippen LogP contribution in [0.4, 0.5) is 0 Å². The van der Waals surface area contributed by atoms with Crippen LogP contribution in [0.15, 0.2) is 18.9 Å². The SMILES string of the molecule is C=CC(=O)OCCCCCCOc1nc2nc(P)ncc2[nH]1. The average molecular weight is 322 g/mol. The molecule has 7 nitrogen and oxygen atoms in total. The number of imidazole rings is 1. The zero-order chi connectivity index (χ0) is 15.8. The summed E-state index contributed by atoms with van der Waals surface area (Å²) in [7, 11) is 2.43. The van der Waals surface area contributed by atoms with Gasteiger partial charge in [-0.1, -0.05) is 15.8 Å². The number of nitrogens with one attached hydrogen (secondary N) is 1. The summed E-state index contributed by atoms with van der Waals surface area (Å²) >= 11 is 0. The Morgan fingerprint density at radius 2 is 2.05 bits per heavy atom. The fraction of sp³-hybridized carbons (Fsp3) is 0.429. The van der Waals surface area contributed by atoms with E-state index in [9.17, 15) is 4.79 Å². The molecule has 0 aliphatic heterocycles. The van der Waals surface area contributed by atoms with Crippen molar-refractivity contribution >= 4 is 31.9 Å². The molecule has 0 saturated heterocycles. The minimum Gasteiger partial charge on any atom is -0.465 e. The fourth-order valence-corrected chi connectivity index (χ4v) is 2.02. The number of carbonyl (C=O) groups excluding carboxylic acids is 1. The fourth-order valence-electron chi connectivity index (χ4n) is 1.83. The van der Waals surface area contributed by atoms with E-state index in [1.807, 2.05) is 0 Å². The third-order valence-corrected chi connectivity index (χ3v) is 3.20. The van der Waals surface area contributed by atoms with Gasteiger partial charge in [0.05, 0.1) is 19.4 Å². The first-order chi connectivity index (χ1) is 10.7. The van der Waals surface area contributed by atoms with Gasteiger partial charge < -0.3 is 14.5 Å². The van der Waals surface area contributed by atoms with Gasteiger partial charge in [0.25, 0.3) is 6.01 Å². The van der Waals surface area contributed by atoms with Crippen molar-refractivity contribution < 1.29 is 14.3 Å². The maximum absolute atomic E-state index is 10.8. The Bertz CT molecular complexity index is 644. The molecule has 2 rings (SSSR count). The molecule has 118 valence electrons. The van der Waals surface area contributed by atoms with Crippen LogP contribution in [0.2, 0.25) is 0 Å². The summed E-state index contributed by atoms with van der Waals surface area (Å²) in [5, 5.41) is 0. The Hall–Kier alpha value is -2.01. The lowest BCUT2D eigenvalue weighted by molar-refractivity contribution is -0.137. The van der Waals surface area contributed by atoms with Gasteiger partial charge in [0.2, 0.25) is 0 Å². The summed E-state index contributed by atoms with van der Waals surface area (Å²) in [6.07, 6.45) is 6.59. The van der Waals surface area contributed by atoms with E-state index >= 15 is 0 Å². The van der Waals surface area contributed by atoms with Crippen LogP contribution < -0.4 is 10.3 Å². The number of nitrogens with zero attached hydrogens (tertiary/aromatic N) is 3. The van der Waals surface area contributed by atoms with Crippen LogP contribution in [0.3, 0.4) is 0 Å². The van der Waals surface area contributed by atoms with Crippen LogP contribution in [-0.2, 0) is 9.53 Å². The van der Waals surface area contributed by atoms with E-state index in [1.165, 1.54) is 6.08 Å². The molecule has 0 bridgehead atoms. The summed E-state index contributed by atoms with van der Waals surface area (Å²) < 4.78 is 10.4. The van der Waals surface area contributed by atoms with E-state index in [0.717, 1.165) is 31.2 Å². The third kappa shape index (κ3) is 5.07. The maximum atomic E-state index is 10.8. The van der Waals surface area contributed by atoms with E-state index in [0.29, 0.717) is 30.4 Å². The number of aromatic nitrogens is 4. The van der Waals surface area contributed by atoms with E-state index in [2.05, 4.69) is 35.8 Å². The largest absolute Gasteiger partial charge is 0.465 e. The zero-order valence-corrected chi connectivity index (χ0v) is 13.4. The second-order valence-electron chi connectivity index (χ2n) is 4.64. The molecule has 22 heavy (non-hydrogen) atoms. The molecule has 0 amide bonds. The van der Waals surface area contributed by atoms with Crippen LogP contribution in [0.1, 0.15) is 25.7 Å². The van der Waals surface area contributed by atoms with E-state index < -0.39 is 0 Å². The zero-order valence-electron chi connectivity index (χ0n) is 12.2. The van der Waals surface area contributed by atoms with Crippen molar-refractivity contribution in [2.45, 2.75) is 25.7 Å². The van der Waals surface area contributed by atoms with Gasteiger partial charge >= 0.3 is 5.97 Å². The van der Waals surface area contributed by atoms with Gasteiger partial charge in [-0.05, 0) is 25.7 Å². The van der Waals surface area contributed by atoms with Gasteiger partial charge in [-0.15, -0.1) is 0 Å². The topological polar surface area (TPSA) is 90.0 Å². The lowest BCUT2D eigenvalue weighted by Crippen LogP contribution is -2.02. The highest BCUT2D eigenvalue weighted by Crippen LogP contribution is 2.12. The number of esters is 1. The van der Waals surface area contributed by atoms with Crippen LogP contribution in [0, 0.1) is 0 Å². The van der Waals surface area contributed by atoms with Gasteiger partial charge in [0.15, 0.2) is 5.65 Å². The summed E-state index contributed by atoms with van der Waals surface area (Å²) in [6, 6.07) is 0.458. The molecule has 0 radical (unpaired) electrons. The quantitative estimate of drug-likeness (QED) is 0.326. The predicted molar refractivity (Wildman–Crippen MR) is 86.1 cm³/mol. The van der Waals surface area contributed by atoms with Crippen molar-refractivity contribution in [3.8, 4) is 6.01 Å². The highest BCUT2D eigenvalue weighted by Gasteiger charge is 2.05. The standard InChI is InChI=1S/C14H19N4O3P/c1-2-11(19)20-7-5-3-4-6-8-21-13-16-10-9-15-14(22)18-12(10)17-13/h2,9H,1,3-8,22H2,(H,15,16,17,18). The lowest BCUT2D eigenvalue weighted by Gasteiger charge is -2.03. The normalized spacial score (nSPS) is 10.6. The minimum atomic E-state index is -0.370. The first-order valence-electron chi connectivity index (χ1n) is 7.09. The molecule has 0 fully saturated rings. The summed E-state index contributed by atoms with van der Waals surface area (Å²) in [6.45, 7) is 4.35. The van der Waals surface area contributed by atoms with Gasteiger partial charge in [0.1, 0.15) is 11.1 Å². The van der Waals surface area contributed by atoms with Gasteiger partial charge in [-0.3, -0.25) is 0 Å². The Balaban J connectivity index is 1.60. The molecule has 2 heterocycles. The van der Waals surface area contributed by atoms with Crippen molar-refractivity contribution in [2.24, 2.45) is 0 Å². The van der Waals surface area contributed by atoms with Crippen molar-refractivity contribution in [3.63, 3.8) is 0 Å². The summed E-state index contributed by atoms with van der Waals surface area (Å²) in [5.74, 6) is -0.370. The van der Waals surface area contributed by atoms with Gasteiger partial charge in [-0.2, -0.15) is 4.98 Å². The minimum absolute atomic E-state index is 0.370. The molecule has 8 heteroatoms. The molecule has 0 aliphatic carbocycles. The van der Waals surface area contributed by atoms with Gasteiger partial charge in [0, 0.05) is 6.08 Å². The Morgan fingerprint density at radius 1 is 1.27 bits per heavy atom. The van der Waals surface area contributed by atoms with Gasteiger partial charge in [-0.25, -0.2) is 14.8 Å². The molecule has 2 aromatic rings. The van der Waals surface area contributed by atoms with E-state index in [4.69, 9.17) is 9.47 Å².